The number of carbonyl (C=O) groups is 1. The first-order valence-electron chi connectivity index (χ1n) is 6.63. The van der Waals surface area contributed by atoms with E-state index in [2.05, 4.69) is 4.98 Å². The summed E-state index contributed by atoms with van der Waals surface area (Å²) in [4.78, 5) is 17.2. The number of hydrogen-bond acceptors (Lipinski definition) is 2. The SMILES string of the molecule is CCN(C(=O)c1cc(Cl)c(Cl)[nH]1)C1CCC(N)CC1. The fourth-order valence-corrected chi connectivity index (χ4v) is 2.97. The average molecular weight is 304 g/mol. The molecule has 0 bridgehead atoms. The smallest absolute Gasteiger partial charge is 0.270 e. The number of nitrogens with one attached hydrogen (secondary N) is 1. The maximum Gasteiger partial charge on any atom is 0.270 e. The summed E-state index contributed by atoms with van der Waals surface area (Å²) < 4.78 is 0. The van der Waals surface area contributed by atoms with Crippen molar-refractivity contribution in [2.24, 2.45) is 5.73 Å². The van der Waals surface area contributed by atoms with Crippen molar-refractivity contribution in [1.82, 2.24) is 9.88 Å². The lowest BCUT2D eigenvalue weighted by molar-refractivity contribution is 0.0635. The van der Waals surface area contributed by atoms with E-state index in [0.717, 1.165) is 25.7 Å². The summed E-state index contributed by atoms with van der Waals surface area (Å²) in [5, 5.41) is 0.693. The molecular formula is C13H19Cl2N3O. The molecule has 1 aromatic rings. The van der Waals surface area contributed by atoms with Gasteiger partial charge in [-0.2, -0.15) is 0 Å². The van der Waals surface area contributed by atoms with Crippen LogP contribution in [0, 0.1) is 0 Å². The highest BCUT2D eigenvalue weighted by molar-refractivity contribution is 6.41. The summed E-state index contributed by atoms with van der Waals surface area (Å²) in [6.07, 6.45) is 3.87. The fraction of sp³-hybridized carbons (Fsp3) is 0.615. The molecule has 2 rings (SSSR count). The van der Waals surface area contributed by atoms with Crippen LogP contribution in [0.4, 0.5) is 0 Å². The third-order valence-corrected chi connectivity index (χ3v) is 4.43. The van der Waals surface area contributed by atoms with Gasteiger partial charge in [0.05, 0.1) is 5.02 Å². The summed E-state index contributed by atoms with van der Waals surface area (Å²) in [5.41, 5.74) is 6.36. The van der Waals surface area contributed by atoms with Crippen molar-refractivity contribution in [3.05, 3.63) is 21.9 Å². The number of H-pyrrole nitrogens is 1. The molecule has 1 fully saturated rings. The maximum atomic E-state index is 12.5. The third kappa shape index (κ3) is 3.25. The zero-order chi connectivity index (χ0) is 14.0. The van der Waals surface area contributed by atoms with E-state index in [-0.39, 0.29) is 18.0 Å². The standard InChI is InChI=1S/C13H19Cl2N3O/c1-2-18(9-5-3-8(16)4-6-9)13(19)11-7-10(14)12(15)17-11/h7-9,17H,2-6,16H2,1H3. The van der Waals surface area contributed by atoms with Crippen LogP contribution in [0.15, 0.2) is 6.07 Å². The van der Waals surface area contributed by atoms with Crippen LogP contribution in [0.25, 0.3) is 0 Å². The van der Waals surface area contributed by atoms with E-state index >= 15 is 0 Å². The highest BCUT2D eigenvalue weighted by atomic mass is 35.5. The number of hydrogen-bond donors (Lipinski definition) is 2. The van der Waals surface area contributed by atoms with Gasteiger partial charge in [0.25, 0.3) is 5.91 Å². The van der Waals surface area contributed by atoms with Gasteiger partial charge in [-0.25, -0.2) is 0 Å². The Kier molecular flexibility index (Phi) is 4.76. The number of carbonyl (C=O) groups excluding carboxylic acids is 1. The number of halogens is 2. The third-order valence-electron chi connectivity index (χ3n) is 3.74. The second kappa shape index (κ2) is 6.16. The minimum Gasteiger partial charge on any atom is -0.340 e. The van der Waals surface area contributed by atoms with E-state index < -0.39 is 0 Å². The van der Waals surface area contributed by atoms with Crippen LogP contribution in [0.5, 0.6) is 0 Å². The molecule has 3 N–H and O–H groups in total. The number of nitrogens with zero attached hydrogens (tertiary/aromatic N) is 1. The summed E-state index contributed by atoms with van der Waals surface area (Å²) >= 11 is 11.7. The number of nitrogens with two attached hydrogens (primary N) is 1. The van der Waals surface area contributed by atoms with Crippen molar-refractivity contribution < 1.29 is 4.79 Å². The molecule has 6 heteroatoms. The van der Waals surface area contributed by atoms with Crippen LogP contribution in [0.1, 0.15) is 43.1 Å². The van der Waals surface area contributed by atoms with E-state index in [9.17, 15) is 4.79 Å². The summed E-state index contributed by atoms with van der Waals surface area (Å²) in [5.74, 6) is -0.0447. The Bertz CT molecular complexity index is 433. The predicted molar refractivity (Wildman–Crippen MR) is 77.8 cm³/mol. The minimum atomic E-state index is -0.0447. The van der Waals surface area contributed by atoms with Gasteiger partial charge in [-0.05, 0) is 38.7 Å². The fourth-order valence-electron chi connectivity index (χ4n) is 2.65. The molecule has 1 aliphatic rings. The average Bonchev–Trinajstić information content (AvgIpc) is 2.73. The van der Waals surface area contributed by atoms with Gasteiger partial charge in [0.2, 0.25) is 0 Å². The zero-order valence-corrected chi connectivity index (χ0v) is 12.5. The van der Waals surface area contributed by atoms with Crippen LogP contribution in [-0.4, -0.2) is 34.4 Å². The Hall–Kier alpha value is -0.710. The molecule has 0 aliphatic heterocycles. The lowest BCUT2D eigenvalue weighted by Gasteiger charge is -2.35. The largest absolute Gasteiger partial charge is 0.340 e. The van der Waals surface area contributed by atoms with E-state index in [0.29, 0.717) is 22.4 Å². The van der Waals surface area contributed by atoms with Crippen LogP contribution in [-0.2, 0) is 0 Å². The van der Waals surface area contributed by atoms with E-state index in [1.165, 1.54) is 0 Å². The summed E-state index contributed by atoms with van der Waals surface area (Å²) in [6, 6.07) is 2.13. The molecule has 1 amide bonds. The van der Waals surface area contributed by atoms with Crippen molar-refractivity contribution in [1.29, 1.82) is 0 Å². The molecule has 19 heavy (non-hydrogen) atoms. The predicted octanol–water partition coefficient (Wildman–Crippen LogP) is 3.05. The van der Waals surface area contributed by atoms with Gasteiger partial charge in [-0.1, -0.05) is 23.2 Å². The molecule has 0 saturated heterocycles. The monoisotopic (exact) mass is 303 g/mol. The molecular weight excluding hydrogens is 285 g/mol. The van der Waals surface area contributed by atoms with Gasteiger partial charge in [0.15, 0.2) is 0 Å². The first-order chi connectivity index (χ1) is 9.02. The molecule has 1 aromatic heterocycles. The highest BCUT2D eigenvalue weighted by Gasteiger charge is 2.28. The Labute approximate surface area is 123 Å². The van der Waals surface area contributed by atoms with Crippen molar-refractivity contribution in [2.45, 2.75) is 44.7 Å². The molecule has 0 radical (unpaired) electrons. The van der Waals surface area contributed by atoms with Crippen LogP contribution in [0.3, 0.4) is 0 Å². The number of aromatic nitrogens is 1. The zero-order valence-electron chi connectivity index (χ0n) is 11.0. The van der Waals surface area contributed by atoms with Crippen LogP contribution >= 0.6 is 23.2 Å². The molecule has 1 heterocycles. The quantitative estimate of drug-likeness (QED) is 0.901. The normalized spacial score (nSPS) is 23.4. The highest BCUT2D eigenvalue weighted by Crippen LogP contribution is 2.26. The van der Waals surface area contributed by atoms with Crippen molar-refractivity contribution in [3.8, 4) is 0 Å². The van der Waals surface area contributed by atoms with Gasteiger partial charge in [0.1, 0.15) is 10.8 Å². The summed E-state index contributed by atoms with van der Waals surface area (Å²) in [6.45, 7) is 2.66. The molecule has 106 valence electrons. The van der Waals surface area contributed by atoms with Crippen molar-refractivity contribution in [2.75, 3.05) is 6.54 Å². The minimum absolute atomic E-state index is 0.0447. The topological polar surface area (TPSA) is 62.1 Å². The Morgan fingerprint density at radius 1 is 1.42 bits per heavy atom. The van der Waals surface area contributed by atoms with Gasteiger partial charge >= 0.3 is 0 Å². The van der Waals surface area contributed by atoms with Crippen LogP contribution < -0.4 is 5.73 Å². The molecule has 0 atom stereocenters. The van der Waals surface area contributed by atoms with Gasteiger partial charge in [0, 0.05) is 18.6 Å². The Morgan fingerprint density at radius 3 is 2.53 bits per heavy atom. The van der Waals surface area contributed by atoms with Gasteiger partial charge < -0.3 is 15.6 Å². The molecule has 4 nitrogen and oxygen atoms in total. The van der Waals surface area contributed by atoms with Crippen LogP contribution in [0.2, 0.25) is 10.2 Å². The second-order valence-electron chi connectivity index (χ2n) is 5.00. The first kappa shape index (κ1) is 14.7. The van der Waals surface area contributed by atoms with Crippen molar-refractivity contribution >= 4 is 29.1 Å². The Balaban J connectivity index is 2.10. The summed E-state index contributed by atoms with van der Waals surface area (Å²) in [7, 11) is 0. The Morgan fingerprint density at radius 2 is 2.05 bits per heavy atom. The number of rotatable bonds is 3. The van der Waals surface area contributed by atoms with E-state index in [1.807, 2.05) is 11.8 Å². The molecule has 0 unspecified atom stereocenters. The van der Waals surface area contributed by atoms with Crippen molar-refractivity contribution in [3.63, 3.8) is 0 Å². The first-order valence-corrected chi connectivity index (χ1v) is 7.39. The van der Waals surface area contributed by atoms with Gasteiger partial charge in [-0.3, -0.25) is 4.79 Å². The molecule has 0 spiro atoms. The van der Waals surface area contributed by atoms with E-state index in [4.69, 9.17) is 28.9 Å². The molecule has 0 aromatic carbocycles. The maximum absolute atomic E-state index is 12.5. The lowest BCUT2D eigenvalue weighted by atomic mass is 9.90. The lowest BCUT2D eigenvalue weighted by Crippen LogP contribution is -2.44. The van der Waals surface area contributed by atoms with E-state index in [1.54, 1.807) is 6.07 Å². The molecule has 1 aliphatic carbocycles. The molecule has 1 saturated carbocycles. The number of amides is 1. The number of aromatic amines is 1. The second-order valence-corrected chi connectivity index (χ2v) is 5.79. The van der Waals surface area contributed by atoms with Gasteiger partial charge in [-0.15, -0.1) is 0 Å².